The number of benzene rings is 2. The third kappa shape index (κ3) is 3.54. The van der Waals surface area contributed by atoms with Crippen LogP contribution in [0.2, 0.25) is 0 Å². The first-order valence-corrected chi connectivity index (χ1v) is 11.4. The number of hydrogen-bond donors (Lipinski definition) is 0. The maximum absolute atomic E-state index is 13.7. The lowest BCUT2D eigenvalue weighted by atomic mass is 9.84. The number of halogens is 1. The van der Waals surface area contributed by atoms with Crippen LogP contribution in [-0.4, -0.2) is 40.2 Å². The fourth-order valence-corrected chi connectivity index (χ4v) is 5.84. The van der Waals surface area contributed by atoms with Crippen LogP contribution >= 0.6 is 0 Å². The molecule has 31 heavy (non-hydrogen) atoms. The number of fused-ring (bicyclic) bond motifs is 3. The first kappa shape index (κ1) is 20.2. The minimum atomic E-state index is -0.214. The normalized spacial score (nSPS) is 24.8. The van der Waals surface area contributed by atoms with Crippen molar-refractivity contribution in [1.29, 1.82) is 0 Å². The fourth-order valence-electron chi connectivity index (χ4n) is 5.84. The van der Waals surface area contributed by atoms with E-state index in [9.17, 15) is 14.0 Å². The molecule has 1 unspecified atom stereocenters. The van der Waals surface area contributed by atoms with Crippen LogP contribution in [0.25, 0.3) is 0 Å². The van der Waals surface area contributed by atoms with Gasteiger partial charge in [0, 0.05) is 25.2 Å². The molecule has 2 aromatic carbocycles. The average Bonchev–Trinajstić information content (AvgIpc) is 3.20. The van der Waals surface area contributed by atoms with Gasteiger partial charge in [0.05, 0.1) is 11.1 Å². The quantitative estimate of drug-likeness (QED) is 0.699. The third-order valence-electron chi connectivity index (χ3n) is 7.14. The van der Waals surface area contributed by atoms with Crippen molar-refractivity contribution >= 4 is 11.8 Å². The molecule has 0 aromatic heterocycles. The molecule has 0 radical (unpaired) electrons. The van der Waals surface area contributed by atoms with Crippen molar-refractivity contribution in [3.8, 4) is 0 Å². The molecule has 5 rings (SSSR count). The van der Waals surface area contributed by atoms with Crippen LogP contribution in [0.15, 0.2) is 42.5 Å². The number of amides is 2. The van der Waals surface area contributed by atoms with E-state index in [1.807, 2.05) is 40.1 Å². The molecule has 3 atom stereocenters. The van der Waals surface area contributed by atoms with Gasteiger partial charge in [-0.15, -0.1) is 0 Å². The van der Waals surface area contributed by atoms with Crippen molar-refractivity contribution in [2.24, 2.45) is 5.92 Å². The Morgan fingerprint density at radius 1 is 1.06 bits per heavy atom. The molecule has 2 fully saturated rings. The van der Waals surface area contributed by atoms with Crippen molar-refractivity contribution in [2.45, 2.75) is 64.1 Å². The lowest BCUT2D eigenvalue weighted by Gasteiger charge is -2.39. The summed E-state index contributed by atoms with van der Waals surface area (Å²) in [6.45, 7) is 5.50. The summed E-state index contributed by atoms with van der Waals surface area (Å²) in [5, 5.41) is 0. The summed E-state index contributed by atoms with van der Waals surface area (Å²) in [5.74, 6) is 0.516. The molecule has 2 amide bonds. The minimum Gasteiger partial charge on any atom is -0.334 e. The van der Waals surface area contributed by atoms with Crippen molar-refractivity contribution in [2.75, 3.05) is 6.54 Å². The van der Waals surface area contributed by atoms with E-state index in [4.69, 9.17) is 0 Å². The van der Waals surface area contributed by atoms with Gasteiger partial charge in [0.15, 0.2) is 0 Å². The van der Waals surface area contributed by atoms with Gasteiger partial charge in [-0.25, -0.2) is 4.39 Å². The Morgan fingerprint density at radius 3 is 2.39 bits per heavy atom. The van der Waals surface area contributed by atoms with Gasteiger partial charge < -0.3 is 9.80 Å². The molecule has 4 nitrogen and oxygen atoms in total. The van der Waals surface area contributed by atoms with Crippen LogP contribution in [0.3, 0.4) is 0 Å². The first-order chi connectivity index (χ1) is 14.9. The monoisotopic (exact) mass is 420 g/mol. The standard InChI is InChI=1S/C26H29FN2O2/c1-16(2)14-28-15-18-4-3-5-23(24(18)26(28)31)25(30)29-21-10-11-22(29)13-19(12-21)17-6-8-20(27)9-7-17/h3-9,16,19,21-22H,10-15H2,1-2H3/t19?,21-,22+. The summed E-state index contributed by atoms with van der Waals surface area (Å²) in [7, 11) is 0. The summed E-state index contributed by atoms with van der Waals surface area (Å²) in [4.78, 5) is 30.7. The van der Waals surface area contributed by atoms with E-state index >= 15 is 0 Å². The zero-order chi connectivity index (χ0) is 21.7. The van der Waals surface area contributed by atoms with Gasteiger partial charge in [-0.1, -0.05) is 38.1 Å². The summed E-state index contributed by atoms with van der Waals surface area (Å²) in [6, 6.07) is 12.9. The van der Waals surface area contributed by atoms with E-state index < -0.39 is 0 Å². The van der Waals surface area contributed by atoms with Gasteiger partial charge in [0.25, 0.3) is 11.8 Å². The minimum absolute atomic E-state index is 0.00153. The Bertz CT molecular complexity index is 1000. The Balaban J connectivity index is 1.39. The Hall–Kier alpha value is -2.69. The highest BCUT2D eigenvalue weighted by Crippen LogP contribution is 2.44. The number of hydrogen-bond acceptors (Lipinski definition) is 2. The van der Waals surface area contributed by atoms with Gasteiger partial charge in [-0.2, -0.15) is 0 Å². The van der Waals surface area contributed by atoms with Crippen LogP contribution in [0.4, 0.5) is 4.39 Å². The molecule has 2 aromatic rings. The van der Waals surface area contributed by atoms with Crippen molar-refractivity contribution in [1.82, 2.24) is 9.80 Å². The highest BCUT2D eigenvalue weighted by Gasteiger charge is 2.45. The summed E-state index contributed by atoms with van der Waals surface area (Å²) >= 11 is 0. The predicted molar refractivity (Wildman–Crippen MR) is 117 cm³/mol. The molecular formula is C26H29FN2O2. The maximum Gasteiger partial charge on any atom is 0.255 e. The Morgan fingerprint density at radius 2 is 1.74 bits per heavy atom. The van der Waals surface area contributed by atoms with Crippen LogP contribution in [0, 0.1) is 11.7 Å². The van der Waals surface area contributed by atoms with Gasteiger partial charge >= 0.3 is 0 Å². The number of carbonyl (C=O) groups is 2. The van der Waals surface area contributed by atoms with Gasteiger partial charge in [-0.05, 0) is 66.8 Å². The molecule has 0 saturated carbocycles. The largest absolute Gasteiger partial charge is 0.334 e. The van der Waals surface area contributed by atoms with Gasteiger partial charge in [0.1, 0.15) is 5.82 Å². The van der Waals surface area contributed by atoms with E-state index in [1.54, 1.807) is 0 Å². The van der Waals surface area contributed by atoms with E-state index in [0.29, 0.717) is 36.1 Å². The van der Waals surface area contributed by atoms with Gasteiger partial charge in [-0.3, -0.25) is 9.59 Å². The topological polar surface area (TPSA) is 40.6 Å². The highest BCUT2D eigenvalue weighted by molar-refractivity contribution is 6.09. The van der Waals surface area contributed by atoms with E-state index in [-0.39, 0.29) is 29.7 Å². The smallest absolute Gasteiger partial charge is 0.255 e. The van der Waals surface area contributed by atoms with E-state index in [2.05, 4.69) is 13.8 Å². The molecule has 0 spiro atoms. The fraction of sp³-hybridized carbons (Fsp3) is 0.462. The Labute approximate surface area is 183 Å². The van der Waals surface area contributed by atoms with Crippen molar-refractivity contribution < 1.29 is 14.0 Å². The van der Waals surface area contributed by atoms with E-state index in [0.717, 1.165) is 36.8 Å². The first-order valence-electron chi connectivity index (χ1n) is 11.4. The molecule has 3 aliphatic heterocycles. The number of carbonyl (C=O) groups excluding carboxylic acids is 2. The molecule has 0 aliphatic carbocycles. The lowest BCUT2D eigenvalue weighted by Crippen LogP contribution is -2.46. The van der Waals surface area contributed by atoms with Crippen molar-refractivity contribution in [3.05, 3.63) is 70.5 Å². The molecule has 3 aliphatic rings. The average molecular weight is 421 g/mol. The van der Waals surface area contributed by atoms with Crippen LogP contribution in [0.5, 0.6) is 0 Å². The maximum atomic E-state index is 13.7. The number of rotatable bonds is 4. The highest BCUT2D eigenvalue weighted by atomic mass is 19.1. The SMILES string of the molecule is CC(C)CN1Cc2cccc(C(=O)N3[C@@H]4CC[C@H]3CC(c3ccc(F)cc3)C4)c2C1=O. The zero-order valence-corrected chi connectivity index (χ0v) is 18.2. The van der Waals surface area contributed by atoms with E-state index in [1.165, 1.54) is 12.1 Å². The molecule has 2 saturated heterocycles. The summed E-state index contributed by atoms with van der Waals surface area (Å²) < 4.78 is 13.3. The molecule has 3 heterocycles. The third-order valence-corrected chi connectivity index (χ3v) is 7.14. The molecule has 5 heteroatoms. The second-order valence-electron chi connectivity index (χ2n) is 9.74. The molecular weight excluding hydrogens is 391 g/mol. The number of piperidine rings is 1. The lowest BCUT2D eigenvalue weighted by molar-refractivity contribution is 0.0565. The summed E-state index contributed by atoms with van der Waals surface area (Å²) in [6.07, 6.45) is 3.79. The van der Waals surface area contributed by atoms with Gasteiger partial charge in [0.2, 0.25) is 0 Å². The number of nitrogens with zero attached hydrogens (tertiary/aromatic N) is 2. The van der Waals surface area contributed by atoms with Crippen molar-refractivity contribution in [3.63, 3.8) is 0 Å². The molecule has 0 N–H and O–H groups in total. The second-order valence-corrected chi connectivity index (χ2v) is 9.74. The molecule has 162 valence electrons. The predicted octanol–water partition coefficient (Wildman–Crippen LogP) is 4.99. The Kier molecular flexibility index (Phi) is 5.07. The van der Waals surface area contributed by atoms with Crippen LogP contribution < -0.4 is 0 Å². The zero-order valence-electron chi connectivity index (χ0n) is 18.2. The second kappa shape index (κ2) is 7.77. The van der Waals surface area contributed by atoms with Crippen LogP contribution in [0.1, 0.15) is 77.3 Å². The molecule has 2 bridgehead atoms. The summed E-state index contributed by atoms with van der Waals surface area (Å²) in [5.41, 5.74) is 3.29. The van der Waals surface area contributed by atoms with Crippen LogP contribution in [-0.2, 0) is 6.54 Å².